The van der Waals surface area contributed by atoms with Gasteiger partial charge in [-0.2, -0.15) is 0 Å². The van der Waals surface area contributed by atoms with Crippen molar-refractivity contribution in [3.8, 4) is 5.75 Å². The Labute approximate surface area is 139 Å². The molecule has 0 aliphatic heterocycles. The molecule has 0 amide bonds. The summed E-state index contributed by atoms with van der Waals surface area (Å²) in [7, 11) is 2.71. The van der Waals surface area contributed by atoms with Crippen LogP contribution in [0.3, 0.4) is 0 Å². The fraction of sp³-hybridized carbons (Fsp3) is 0.125. The largest absolute Gasteiger partial charge is 0.495 e. The molecule has 6 nitrogen and oxygen atoms in total. The molecule has 0 saturated heterocycles. The predicted molar refractivity (Wildman–Crippen MR) is 92.1 cm³/mol. The zero-order valence-corrected chi connectivity index (χ0v) is 13.7. The van der Waals surface area contributed by atoms with Crippen molar-refractivity contribution in [2.24, 2.45) is 16.5 Å². The van der Waals surface area contributed by atoms with E-state index in [9.17, 15) is 4.79 Å². The molecule has 0 aromatic heterocycles. The van der Waals surface area contributed by atoms with Crippen LogP contribution in [0.2, 0.25) is 5.02 Å². The fourth-order valence-corrected chi connectivity index (χ4v) is 1.90. The molecule has 0 radical (unpaired) electrons. The van der Waals surface area contributed by atoms with Gasteiger partial charge in [0.05, 0.1) is 24.9 Å². The van der Waals surface area contributed by atoms with Crippen LogP contribution in [-0.4, -0.2) is 25.9 Å². The third-order valence-electron chi connectivity index (χ3n) is 2.88. The first-order chi connectivity index (χ1) is 10.8. The Bertz CT molecular complexity index is 705. The molecule has 0 spiro atoms. The number of carbonyl (C=O) groups is 1. The molecule has 4 N–H and O–H groups in total. The number of halogens is 1. The first kappa shape index (κ1) is 18.3. The second-order valence-corrected chi connectivity index (χ2v) is 4.73. The topological polar surface area (TPSA) is 99.9 Å². The van der Waals surface area contributed by atoms with Crippen LogP contribution in [0.15, 0.2) is 53.8 Å². The lowest BCUT2D eigenvalue weighted by Gasteiger charge is -2.10. The van der Waals surface area contributed by atoms with Crippen molar-refractivity contribution in [3.63, 3.8) is 0 Å². The third kappa shape index (κ3) is 4.37. The quantitative estimate of drug-likeness (QED) is 0.472. The fourth-order valence-electron chi connectivity index (χ4n) is 1.70. The highest BCUT2D eigenvalue weighted by atomic mass is 35.5. The summed E-state index contributed by atoms with van der Waals surface area (Å²) in [6, 6.07) is 4.97. The van der Waals surface area contributed by atoms with E-state index in [2.05, 4.69) is 18.2 Å². The summed E-state index contributed by atoms with van der Waals surface area (Å²) in [6.07, 6.45) is 1.32. The highest BCUT2D eigenvalue weighted by molar-refractivity contribution is 6.44. The number of aliphatic imine (C=N–C) groups is 1. The van der Waals surface area contributed by atoms with Gasteiger partial charge in [-0.25, -0.2) is 9.79 Å². The number of benzene rings is 1. The van der Waals surface area contributed by atoms with E-state index in [0.29, 0.717) is 16.3 Å². The average Bonchev–Trinajstić information content (AvgIpc) is 2.53. The van der Waals surface area contributed by atoms with E-state index < -0.39 is 5.97 Å². The van der Waals surface area contributed by atoms with Crippen LogP contribution < -0.4 is 16.2 Å². The highest BCUT2D eigenvalue weighted by Crippen LogP contribution is 2.28. The molecule has 0 saturated carbocycles. The van der Waals surface area contributed by atoms with E-state index in [1.54, 1.807) is 18.2 Å². The summed E-state index contributed by atoms with van der Waals surface area (Å²) < 4.78 is 9.83. The number of nitrogens with zero attached hydrogens (tertiary/aromatic N) is 1. The van der Waals surface area contributed by atoms with Crippen LogP contribution in [0.5, 0.6) is 5.75 Å². The summed E-state index contributed by atoms with van der Waals surface area (Å²) in [5, 5.41) is 0.444. The van der Waals surface area contributed by atoms with Crippen LogP contribution in [0.1, 0.15) is 5.56 Å². The minimum atomic E-state index is -0.713. The normalized spacial score (nSPS) is 10.7. The Hall–Kier alpha value is -2.73. The molecular formula is C16H18ClN3O3. The Balaban J connectivity index is 3.37. The lowest BCUT2D eigenvalue weighted by Crippen LogP contribution is -2.23. The molecular weight excluding hydrogens is 318 g/mol. The molecule has 0 aliphatic carbocycles. The van der Waals surface area contributed by atoms with Crippen LogP contribution in [-0.2, 0) is 9.53 Å². The van der Waals surface area contributed by atoms with Gasteiger partial charge in [0.15, 0.2) is 5.71 Å². The zero-order valence-electron chi connectivity index (χ0n) is 12.9. The van der Waals surface area contributed by atoms with Gasteiger partial charge < -0.3 is 20.9 Å². The van der Waals surface area contributed by atoms with Crippen LogP contribution in [0, 0.1) is 0 Å². The summed E-state index contributed by atoms with van der Waals surface area (Å²) in [5.41, 5.74) is 12.1. The zero-order chi connectivity index (χ0) is 17.6. The van der Waals surface area contributed by atoms with E-state index in [1.807, 2.05) is 0 Å². The number of ether oxygens (including phenoxy) is 2. The number of methoxy groups -OCH3 is 2. The maximum atomic E-state index is 11.9. The van der Waals surface area contributed by atoms with E-state index in [1.165, 1.54) is 20.3 Å². The molecule has 0 bridgehead atoms. The SMILES string of the molecule is C=CC(=C(N)N)/C(=N\C(=C)c1ccc(Cl)c(OC)c1)C(=O)OC. The smallest absolute Gasteiger partial charge is 0.357 e. The first-order valence-electron chi connectivity index (χ1n) is 6.43. The second-order valence-electron chi connectivity index (χ2n) is 4.32. The van der Waals surface area contributed by atoms with Gasteiger partial charge in [0.25, 0.3) is 0 Å². The second kappa shape index (κ2) is 8.05. The molecule has 0 aliphatic rings. The van der Waals surface area contributed by atoms with Crippen molar-refractivity contribution in [1.82, 2.24) is 0 Å². The molecule has 0 fully saturated rings. The Kier molecular flexibility index (Phi) is 6.41. The van der Waals surface area contributed by atoms with Crippen LogP contribution in [0.25, 0.3) is 5.70 Å². The number of allylic oxidation sites excluding steroid dienone is 1. The van der Waals surface area contributed by atoms with Gasteiger partial charge in [-0.15, -0.1) is 0 Å². The molecule has 0 unspecified atom stereocenters. The molecule has 23 heavy (non-hydrogen) atoms. The number of hydrogen-bond acceptors (Lipinski definition) is 6. The molecule has 0 heterocycles. The van der Waals surface area contributed by atoms with Gasteiger partial charge >= 0.3 is 5.97 Å². The number of hydrogen-bond donors (Lipinski definition) is 2. The van der Waals surface area contributed by atoms with Crippen molar-refractivity contribution < 1.29 is 14.3 Å². The predicted octanol–water partition coefficient (Wildman–Crippen LogP) is 2.25. The van der Waals surface area contributed by atoms with Crippen molar-refractivity contribution in [2.75, 3.05) is 14.2 Å². The van der Waals surface area contributed by atoms with Gasteiger partial charge in [-0.1, -0.05) is 36.9 Å². The number of carbonyl (C=O) groups excluding carboxylic acids is 1. The maximum Gasteiger partial charge on any atom is 0.357 e. The molecule has 0 atom stereocenters. The molecule has 1 aromatic rings. The first-order valence-corrected chi connectivity index (χ1v) is 6.81. The third-order valence-corrected chi connectivity index (χ3v) is 3.19. The Morgan fingerprint density at radius 3 is 2.48 bits per heavy atom. The lowest BCUT2D eigenvalue weighted by molar-refractivity contribution is -0.132. The summed E-state index contributed by atoms with van der Waals surface area (Å²) in [4.78, 5) is 16.1. The van der Waals surface area contributed by atoms with Gasteiger partial charge in [0.1, 0.15) is 11.6 Å². The van der Waals surface area contributed by atoms with Crippen LogP contribution >= 0.6 is 11.6 Å². The van der Waals surface area contributed by atoms with E-state index >= 15 is 0 Å². The standard InChI is InChI=1S/C16H18ClN3O3/c1-5-11(15(18)19)14(16(21)23-4)20-9(2)10-6-7-12(17)13(8-10)22-3/h5-8H,1-2,18-19H2,3-4H3/b20-14+. The number of esters is 1. The summed E-state index contributed by atoms with van der Waals surface area (Å²) >= 11 is 5.98. The van der Waals surface area contributed by atoms with E-state index in [0.717, 1.165) is 0 Å². The number of nitrogens with two attached hydrogens (primary N) is 2. The lowest BCUT2D eigenvalue weighted by atomic mass is 10.1. The average molecular weight is 336 g/mol. The minimum Gasteiger partial charge on any atom is -0.495 e. The number of rotatable bonds is 6. The monoisotopic (exact) mass is 335 g/mol. The summed E-state index contributed by atoms with van der Waals surface area (Å²) in [5.74, 6) is -0.362. The molecule has 7 heteroatoms. The molecule has 122 valence electrons. The van der Waals surface area contributed by atoms with E-state index in [-0.39, 0.29) is 22.8 Å². The van der Waals surface area contributed by atoms with E-state index in [4.69, 9.17) is 32.5 Å². The van der Waals surface area contributed by atoms with Crippen molar-refractivity contribution >= 4 is 29.0 Å². The molecule has 1 rings (SSSR count). The van der Waals surface area contributed by atoms with Crippen LogP contribution in [0.4, 0.5) is 0 Å². The maximum absolute atomic E-state index is 11.9. The van der Waals surface area contributed by atoms with Crippen molar-refractivity contribution in [3.05, 3.63) is 59.4 Å². The van der Waals surface area contributed by atoms with Crippen molar-refractivity contribution in [2.45, 2.75) is 0 Å². The van der Waals surface area contributed by atoms with Gasteiger partial charge in [-0.3, -0.25) is 0 Å². The van der Waals surface area contributed by atoms with Crippen molar-refractivity contribution in [1.29, 1.82) is 0 Å². The minimum absolute atomic E-state index is 0.0959. The highest BCUT2D eigenvalue weighted by Gasteiger charge is 2.18. The molecule has 1 aromatic carbocycles. The Morgan fingerprint density at radius 1 is 1.35 bits per heavy atom. The van der Waals surface area contributed by atoms with Gasteiger partial charge in [-0.05, 0) is 12.1 Å². The Morgan fingerprint density at radius 2 is 2.00 bits per heavy atom. The van der Waals surface area contributed by atoms with Gasteiger partial charge in [0.2, 0.25) is 0 Å². The van der Waals surface area contributed by atoms with Gasteiger partial charge in [0, 0.05) is 11.1 Å². The summed E-state index contributed by atoms with van der Waals surface area (Å²) in [6.45, 7) is 7.40.